The highest BCUT2D eigenvalue weighted by atomic mass is 15.3. The van der Waals surface area contributed by atoms with Crippen molar-refractivity contribution in [2.75, 3.05) is 0 Å². The van der Waals surface area contributed by atoms with E-state index in [0.29, 0.717) is 0 Å². The number of rotatable bonds is 2. The molecule has 4 nitrogen and oxygen atoms in total. The van der Waals surface area contributed by atoms with Crippen molar-refractivity contribution in [2.24, 2.45) is 7.05 Å². The third-order valence-corrected chi connectivity index (χ3v) is 2.16. The maximum Gasteiger partial charge on any atom is 0.0946 e. The molecule has 2 aromatic rings. The highest BCUT2D eigenvalue weighted by Gasteiger charge is 2.01. The Morgan fingerprint density at radius 3 is 2.85 bits per heavy atom. The highest BCUT2D eigenvalue weighted by molar-refractivity contribution is 5.03. The molecule has 68 valence electrons. The molecule has 0 amide bonds. The second-order valence-electron chi connectivity index (χ2n) is 3.13. The summed E-state index contributed by atoms with van der Waals surface area (Å²) < 4.78 is 3.96. The van der Waals surface area contributed by atoms with E-state index in [1.54, 1.807) is 6.33 Å². The van der Waals surface area contributed by atoms with Crippen molar-refractivity contribution < 1.29 is 0 Å². The molecule has 2 heterocycles. The Bertz CT molecular complexity index is 361. The summed E-state index contributed by atoms with van der Waals surface area (Å²) >= 11 is 0. The second-order valence-corrected chi connectivity index (χ2v) is 3.13. The van der Waals surface area contributed by atoms with Crippen LogP contribution in [0.25, 0.3) is 0 Å². The lowest BCUT2D eigenvalue weighted by atomic mass is 10.4. The lowest BCUT2D eigenvalue weighted by Crippen LogP contribution is -2.06. The van der Waals surface area contributed by atoms with Crippen LogP contribution in [0.4, 0.5) is 0 Å². The molecule has 0 fully saturated rings. The third kappa shape index (κ3) is 1.47. The van der Waals surface area contributed by atoms with Crippen molar-refractivity contribution in [2.45, 2.75) is 13.5 Å². The van der Waals surface area contributed by atoms with E-state index in [1.165, 1.54) is 5.69 Å². The first kappa shape index (κ1) is 8.04. The van der Waals surface area contributed by atoms with Crippen LogP contribution in [0.15, 0.2) is 24.8 Å². The minimum Gasteiger partial charge on any atom is -0.336 e. The van der Waals surface area contributed by atoms with Crippen LogP contribution in [0.1, 0.15) is 11.4 Å². The Labute approximate surface area is 76.8 Å². The standard InChI is InChI=1S/C9H12N4/c1-8-3-4-11-13(8)6-9-5-10-7-12(9)2/h3-5,7H,6H2,1-2H3. The molecule has 2 rings (SSSR count). The van der Waals surface area contributed by atoms with Gasteiger partial charge in [-0.15, -0.1) is 0 Å². The van der Waals surface area contributed by atoms with Crippen LogP contribution >= 0.6 is 0 Å². The Hall–Kier alpha value is -1.58. The summed E-state index contributed by atoms with van der Waals surface area (Å²) in [6.45, 7) is 2.83. The predicted molar refractivity (Wildman–Crippen MR) is 49.3 cm³/mol. The van der Waals surface area contributed by atoms with E-state index in [4.69, 9.17) is 0 Å². The zero-order valence-corrected chi connectivity index (χ0v) is 7.81. The molecule has 0 bridgehead atoms. The number of aromatic nitrogens is 4. The molecule has 0 radical (unpaired) electrons. The molecule has 0 atom stereocenters. The van der Waals surface area contributed by atoms with E-state index in [0.717, 1.165) is 12.2 Å². The molecule has 0 spiro atoms. The van der Waals surface area contributed by atoms with E-state index >= 15 is 0 Å². The number of hydrogen-bond acceptors (Lipinski definition) is 2. The number of nitrogens with zero attached hydrogens (tertiary/aromatic N) is 4. The normalized spacial score (nSPS) is 10.6. The Kier molecular flexibility index (Phi) is 1.88. The van der Waals surface area contributed by atoms with Gasteiger partial charge in [0.2, 0.25) is 0 Å². The minimum absolute atomic E-state index is 0.787. The summed E-state index contributed by atoms with van der Waals surface area (Å²) in [6.07, 6.45) is 5.47. The monoisotopic (exact) mass is 176 g/mol. The predicted octanol–water partition coefficient (Wildman–Crippen LogP) is 0.973. The van der Waals surface area contributed by atoms with Crippen molar-refractivity contribution in [3.63, 3.8) is 0 Å². The smallest absolute Gasteiger partial charge is 0.0946 e. The van der Waals surface area contributed by atoms with Crippen LogP contribution in [0.2, 0.25) is 0 Å². The van der Waals surface area contributed by atoms with E-state index in [2.05, 4.69) is 10.1 Å². The molecule has 0 aliphatic carbocycles. The third-order valence-electron chi connectivity index (χ3n) is 2.16. The number of hydrogen-bond donors (Lipinski definition) is 0. The first-order valence-electron chi connectivity index (χ1n) is 4.21. The molecule has 0 saturated heterocycles. The quantitative estimate of drug-likeness (QED) is 0.683. The van der Waals surface area contributed by atoms with Crippen LogP contribution < -0.4 is 0 Å². The molecular weight excluding hydrogens is 164 g/mol. The van der Waals surface area contributed by atoms with E-state index in [1.807, 2.05) is 41.7 Å². The van der Waals surface area contributed by atoms with Gasteiger partial charge < -0.3 is 4.57 Å². The molecular formula is C9H12N4. The zero-order valence-electron chi connectivity index (χ0n) is 7.81. The van der Waals surface area contributed by atoms with Gasteiger partial charge in [-0.2, -0.15) is 5.10 Å². The molecule has 0 saturated carbocycles. The zero-order chi connectivity index (χ0) is 9.26. The first-order chi connectivity index (χ1) is 6.27. The van der Waals surface area contributed by atoms with Gasteiger partial charge in [0.05, 0.1) is 24.8 Å². The lowest BCUT2D eigenvalue weighted by molar-refractivity contribution is 0.631. The van der Waals surface area contributed by atoms with Gasteiger partial charge in [0.1, 0.15) is 0 Å². The molecule has 2 aromatic heterocycles. The van der Waals surface area contributed by atoms with Gasteiger partial charge in [0.15, 0.2) is 0 Å². The summed E-state index contributed by atoms with van der Waals surface area (Å²) in [4.78, 5) is 4.05. The van der Waals surface area contributed by atoms with Gasteiger partial charge >= 0.3 is 0 Å². The van der Waals surface area contributed by atoms with Crippen LogP contribution in [-0.4, -0.2) is 19.3 Å². The SMILES string of the molecule is Cc1ccnn1Cc1cncn1C. The first-order valence-corrected chi connectivity index (χ1v) is 4.21. The van der Waals surface area contributed by atoms with Crippen molar-refractivity contribution in [1.82, 2.24) is 19.3 Å². The fourth-order valence-corrected chi connectivity index (χ4v) is 1.25. The summed E-state index contributed by atoms with van der Waals surface area (Å²) in [6, 6.07) is 2.00. The maximum absolute atomic E-state index is 4.21. The number of imidazole rings is 1. The van der Waals surface area contributed by atoms with Gasteiger partial charge in [0, 0.05) is 18.9 Å². The topological polar surface area (TPSA) is 35.6 Å². The van der Waals surface area contributed by atoms with Gasteiger partial charge in [0.25, 0.3) is 0 Å². The number of aryl methyl sites for hydroxylation is 2. The summed E-state index contributed by atoms with van der Waals surface area (Å²) in [5.74, 6) is 0. The fraction of sp³-hybridized carbons (Fsp3) is 0.333. The lowest BCUT2D eigenvalue weighted by Gasteiger charge is -2.04. The Morgan fingerprint density at radius 2 is 2.31 bits per heavy atom. The van der Waals surface area contributed by atoms with Crippen LogP contribution in [0.3, 0.4) is 0 Å². The summed E-state index contributed by atoms with van der Waals surface area (Å²) in [5, 5.41) is 4.21. The average Bonchev–Trinajstić information content (AvgIpc) is 2.65. The van der Waals surface area contributed by atoms with Crippen LogP contribution in [-0.2, 0) is 13.6 Å². The molecule has 4 heteroatoms. The molecule has 0 aliphatic rings. The van der Waals surface area contributed by atoms with Gasteiger partial charge in [-0.1, -0.05) is 0 Å². The van der Waals surface area contributed by atoms with Crippen molar-refractivity contribution in [3.8, 4) is 0 Å². The summed E-state index contributed by atoms with van der Waals surface area (Å²) in [7, 11) is 1.99. The fourth-order valence-electron chi connectivity index (χ4n) is 1.25. The van der Waals surface area contributed by atoms with E-state index < -0.39 is 0 Å². The molecule has 0 unspecified atom stereocenters. The van der Waals surface area contributed by atoms with Crippen molar-refractivity contribution in [1.29, 1.82) is 0 Å². The van der Waals surface area contributed by atoms with Crippen LogP contribution in [0.5, 0.6) is 0 Å². The van der Waals surface area contributed by atoms with E-state index in [9.17, 15) is 0 Å². The Morgan fingerprint density at radius 1 is 1.46 bits per heavy atom. The minimum atomic E-state index is 0.787. The maximum atomic E-state index is 4.21. The summed E-state index contributed by atoms with van der Waals surface area (Å²) in [5.41, 5.74) is 2.33. The Balaban J connectivity index is 2.24. The largest absolute Gasteiger partial charge is 0.336 e. The van der Waals surface area contributed by atoms with Gasteiger partial charge in [-0.25, -0.2) is 4.98 Å². The molecule has 13 heavy (non-hydrogen) atoms. The van der Waals surface area contributed by atoms with Crippen LogP contribution in [0, 0.1) is 6.92 Å². The van der Waals surface area contributed by atoms with E-state index in [-0.39, 0.29) is 0 Å². The van der Waals surface area contributed by atoms with Gasteiger partial charge in [-0.3, -0.25) is 4.68 Å². The molecule has 0 N–H and O–H groups in total. The van der Waals surface area contributed by atoms with Crippen molar-refractivity contribution in [3.05, 3.63) is 36.2 Å². The molecule has 0 aromatic carbocycles. The second kappa shape index (κ2) is 3.05. The van der Waals surface area contributed by atoms with Gasteiger partial charge in [-0.05, 0) is 13.0 Å². The highest BCUT2D eigenvalue weighted by Crippen LogP contribution is 2.02. The average molecular weight is 176 g/mol. The molecule has 0 aliphatic heterocycles. The van der Waals surface area contributed by atoms with Crippen molar-refractivity contribution >= 4 is 0 Å².